The van der Waals surface area contributed by atoms with Crippen LogP contribution in [0.15, 0.2) is 24.3 Å². The van der Waals surface area contributed by atoms with Crippen LogP contribution in [0.1, 0.15) is 13.8 Å². The summed E-state index contributed by atoms with van der Waals surface area (Å²) in [6.07, 6.45) is 1.23. The number of piperazine rings is 1. The molecule has 1 fully saturated rings. The summed E-state index contributed by atoms with van der Waals surface area (Å²) >= 11 is 5.85. The van der Waals surface area contributed by atoms with Crippen molar-refractivity contribution in [1.82, 2.24) is 14.5 Å². The van der Waals surface area contributed by atoms with E-state index in [1.165, 1.54) is 10.6 Å². The van der Waals surface area contributed by atoms with Crippen LogP contribution < -0.4 is 10.1 Å². The summed E-state index contributed by atoms with van der Waals surface area (Å²) in [5, 5.41) is 3.49. The van der Waals surface area contributed by atoms with E-state index in [1.54, 1.807) is 38.1 Å². The Bertz CT molecular complexity index is 714. The van der Waals surface area contributed by atoms with E-state index in [2.05, 4.69) is 10.2 Å². The molecule has 0 aliphatic carbocycles. The normalized spacial score (nSPS) is 17.1. The third-order valence-corrected chi connectivity index (χ3v) is 5.80. The molecule has 0 unspecified atom stereocenters. The first-order valence-electron chi connectivity index (χ1n) is 8.48. The summed E-state index contributed by atoms with van der Waals surface area (Å²) in [6, 6.07) is 6.86. The van der Waals surface area contributed by atoms with E-state index in [0.717, 1.165) is 0 Å². The first kappa shape index (κ1) is 21.0. The van der Waals surface area contributed by atoms with Crippen molar-refractivity contribution in [2.45, 2.75) is 19.4 Å². The molecule has 1 N–H and O–H groups in total. The van der Waals surface area contributed by atoms with E-state index in [0.29, 0.717) is 50.0 Å². The Morgan fingerprint density at radius 1 is 1.19 bits per heavy atom. The summed E-state index contributed by atoms with van der Waals surface area (Å²) in [6.45, 7) is 6.85. The number of nitrogens with zero attached hydrogens (tertiary/aromatic N) is 2. The average Bonchev–Trinajstić information content (AvgIpc) is 2.56. The third-order valence-electron chi connectivity index (χ3n) is 4.25. The number of ether oxygens (including phenoxy) is 1. The van der Waals surface area contributed by atoms with Crippen LogP contribution in [0, 0.1) is 0 Å². The lowest BCUT2D eigenvalue weighted by Gasteiger charge is -2.33. The minimum atomic E-state index is -3.12. The van der Waals surface area contributed by atoms with Gasteiger partial charge in [0.2, 0.25) is 10.0 Å². The molecule has 9 heteroatoms. The largest absolute Gasteiger partial charge is 0.478 e. The summed E-state index contributed by atoms with van der Waals surface area (Å²) in [4.78, 5) is 14.5. The molecule has 1 aliphatic rings. The number of carbonyl (C=O) groups excluding carboxylic acids is 1. The van der Waals surface area contributed by atoms with E-state index in [1.807, 2.05) is 0 Å². The number of rotatable bonds is 7. The quantitative estimate of drug-likeness (QED) is 0.739. The van der Waals surface area contributed by atoms with Crippen molar-refractivity contribution >= 4 is 27.5 Å². The van der Waals surface area contributed by atoms with Gasteiger partial charge in [0.15, 0.2) is 5.60 Å². The van der Waals surface area contributed by atoms with Gasteiger partial charge in [-0.2, -0.15) is 4.31 Å². The molecule has 0 atom stereocenters. The van der Waals surface area contributed by atoms with Gasteiger partial charge in [0.1, 0.15) is 5.75 Å². The average molecular weight is 404 g/mol. The first-order chi connectivity index (χ1) is 12.1. The van der Waals surface area contributed by atoms with Gasteiger partial charge in [-0.3, -0.25) is 9.69 Å². The minimum absolute atomic E-state index is 0.206. The second-order valence-electron chi connectivity index (χ2n) is 6.83. The molecule has 0 spiro atoms. The molecule has 1 saturated heterocycles. The second-order valence-corrected chi connectivity index (χ2v) is 9.24. The number of nitrogens with one attached hydrogen (secondary N) is 1. The van der Waals surface area contributed by atoms with Gasteiger partial charge >= 0.3 is 0 Å². The van der Waals surface area contributed by atoms with Gasteiger partial charge in [-0.25, -0.2) is 8.42 Å². The molecule has 7 nitrogen and oxygen atoms in total. The summed E-state index contributed by atoms with van der Waals surface area (Å²) < 4.78 is 30.2. The van der Waals surface area contributed by atoms with Gasteiger partial charge in [-0.05, 0) is 38.1 Å². The number of halogens is 1. The van der Waals surface area contributed by atoms with Crippen molar-refractivity contribution in [2.24, 2.45) is 0 Å². The Hall–Kier alpha value is -1.35. The first-order valence-corrected chi connectivity index (χ1v) is 10.7. The fourth-order valence-corrected chi connectivity index (χ4v) is 3.62. The maximum absolute atomic E-state index is 12.4. The van der Waals surface area contributed by atoms with E-state index in [-0.39, 0.29) is 5.91 Å². The highest BCUT2D eigenvalue weighted by Crippen LogP contribution is 2.21. The molecule has 146 valence electrons. The second kappa shape index (κ2) is 8.56. The lowest BCUT2D eigenvalue weighted by molar-refractivity contribution is -0.134. The lowest BCUT2D eigenvalue weighted by Crippen LogP contribution is -2.52. The number of amides is 1. The van der Waals surface area contributed by atoms with Crippen LogP contribution in [0.3, 0.4) is 0 Å². The number of benzene rings is 1. The van der Waals surface area contributed by atoms with Crippen molar-refractivity contribution in [3.63, 3.8) is 0 Å². The van der Waals surface area contributed by atoms with Crippen LogP contribution in [0.25, 0.3) is 0 Å². The highest BCUT2D eigenvalue weighted by Gasteiger charge is 2.30. The van der Waals surface area contributed by atoms with Gasteiger partial charge in [-0.1, -0.05) is 11.6 Å². The van der Waals surface area contributed by atoms with Gasteiger partial charge in [-0.15, -0.1) is 0 Å². The molecule has 2 rings (SSSR count). The summed E-state index contributed by atoms with van der Waals surface area (Å²) in [5.41, 5.74) is -1.01. The fourth-order valence-electron chi connectivity index (χ4n) is 2.67. The van der Waals surface area contributed by atoms with Crippen LogP contribution in [0.2, 0.25) is 5.02 Å². The number of hydrogen-bond donors (Lipinski definition) is 1. The Balaban J connectivity index is 1.75. The van der Waals surface area contributed by atoms with Crippen molar-refractivity contribution in [1.29, 1.82) is 0 Å². The Kier molecular flexibility index (Phi) is 6.90. The van der Waals surface area contributed by atoms with Crippen molar-refractivity contribution in [3.8, 4) is 5.75 Å². The van der Waals surface area contributed by atoms with E-state index in [4.69, 9.17) is 16.3 Å². The third kappa shape index (κ3) is 6.12. The van der Waals surface area contributed by atoms with Gasteiger partial charge in [0, 0.05) is 44.3 Å². The molecular formula is C17H26ClN3O4S. The lowest BCUT2D eigenvalue weighted by atomic mass is 10.1. The molecule has 1 heterocycles. The standard InChI is InChI=1S/C17H26ClN3O4S/c1-17(2,25-15-6-4-14(18)5-7-15)16(22)19-8-9-20-10-12-21(13-11-20)26(3,23)24/h4-7H,8-13H2,1-3H3,(H,19,22). The van der Waals surface area contributed by atoms with Crippen LogP contribution in [0.5, 0.6) is 5.75 Å². The van der Waals surface area contributed by atoms with Crippen LogP contribution >= 0.6 is 11.6 Å². The summed E-state index contributed by atoms with van der Waals surface area (Å²) in [5.74, 6) is 0.369. The smallest absolute Gasteiger partial charge is 0.263 e. The zero-order chi connectivity index (χ0) is 19.4. The molecule has 1 aromatic rings. The SMILES string of the molecule is CC(C)(Oc1ccc(Cl)cc1)C(=O)NCCN1CCN(S(C)(=O)=O)CC1. The van der Waals surface area contributed by atoms with Crippen molar-refractivity contribution < 1.29 is 17.9 Å². The monoisotopic (exact) mass is 403 g/mol. The maximum atomic E-state index is 12.4. The zero-order valence-electron chi connectivity index (χ0n) is 15.4. The molecule has 0 bridgehead atoms. The van der Waals surface area contributed by atoms with Crippen LogP contribution in [0.4, 0.5) is 0 Å². The maximum Gasteiger partial charge on any atom is 0.263 e. The molecule has 1 aliphatic heterocycles. The van der Waals surface area contributed by atoms with E-state index >= 15 is 0 Å². The molecule has 0 saturated carbocycles. The molecule has 1 aromatic carbocycles. The molecule has 0 aromatic heterocycles. The van der Waals surface area contributed by atoms with E-state index in [9.17, 15) is 13.2 Å². The predicted molar refractivity (Wildman–Crippen MR) is 102 cm³/mol. The van der Waals surface area contributed by atoms with Gasteiger partial charge in [0.25, 0.3) is 5.91 Å². The molecular weight excluding hydrogens is 378 g/mol. The van der Waals surface area contributed by atoms with E-state index < -0.39 is 15.6 Å². The number of sulfonamides is 1. The molecule has 0 radical (unpaired) electrons. The highest BCUT2D eigenvalue weighted by molar-refractivity contribution is 7.88. The number of carbonyl (C=O) groups is 1. The topological polar surface area (TPSA) is 79.0 Å². The number of hydrogen-bond acceptors (Lipinski definition) is 5. The van der Waals surface area contributed by atoms with Crippen LogP contribution in [-0.2, 0) is 14.8 Å². The minimum Gasteiger partial charge on any atom is -0.478 e. The van der Waals surface area contributed by atoms with Gasteiger partial charge in [0.05, 0.1) is 6.26 Å². The highest BCUT2D eigenvalue weighted by atomic mass is 35.5. The van der Waals surface area contributed by atoms with Crippen molar-refractivity contribution in [2.75, 3.05) is 45.5 Å². The van der Waals surface area contributed by atoms with Gasteiger partial charge < -0.3 is 10.1 Å². The summed E-state index contributed by atoms with van der Waals surface area (Å²) in [7, 11) is -3.12. The zero-order valence-corrected chi connectivity index (χ0v) is 16.9. The van der Waals surface area contributed by atoms with Crippen LogP contribution in [-0.4, -0.2) is 74.7 Å². The Morgan fingerprint density at radius 3 is 2.31 bits per heavy atom. The molecule has 1 amide bonds. The van der Waals surface area contributed by atoms with Crippen molar-refractivity contribution in [3.05, 3.63) is 29.3 Å². The predicted octanol–water partition coefficient (Wildman–Crippen LogP) is 1.19. The fraction of sp³-hybridized carbons (Fsp3) is 0.588. The Labute approximate surface area is 160 Å². The molecule has 26 heavy (non-hydrogen) atoms. The Morgan fingerprint density at radius 2 is 1.77 bits per heavy atom.